The van der Waals surface area contributed by atoms with Crippen molar-refractivity contribution in [1.82, 2.24) is 9.03 Å². The standard InChI is InChI=1S/C6H11F3N2O3S/c7-6(8,9)4-10-15(13,14)11-1-5(2-11)3-12/h5,10,12H,1-4H2. The first-order valence-corrected chi connectivity index (χ1v) is 5.61. The monoisotopic (exact) mass is 248 g/mol. The molecule has 0 atom stereocenters. The van der Waals surface area contributed by atoms with Crippen molar-refractivity contribution in [3.8, 4) is 0 Å². The zero-order valence-corrected chi connectivity index (χ0v) is 8.48. The number of nitrogens with one attached hydrogen (secondary N) is 1. The van der Waals surface area contributed by atoms with Crippen LogP contribution >= 0.6 is 0 Å². The van der Waals surface area contributed by atoms with Gasteiger partial charge in [-0.1, -0.05) is 0 Å². The van der Waals surface area contributed by atoms with Crippen LogP contribution in [0.4, 0.5) is 13.2 Å². The van der Waals surface area contributed by atoms with Crippen LogP contribution < -0.4 is 4.72 Å². The van der Waals surface area contributed by atoms with Crippen molar-refractivity contribution in [3.63, 3.8) is 0 Å². The van der Waals surface area contributed by atoms with Crippen LogP contribution in [-0.4, -0.2) is 50.2 Å². The van der Waals surface area contributed by atoms with Crippen molar-refractivity contribution < 1.29 is 26.7 Å². The van der Waals surface area contributed by atoms with E-state index in [4.69, 9.17) is 5.11 Å². The molecular formula is C6H11F3N2O3S. The highest BCUT2D eigenvalue weighted by atomic mass is 32.2. The lowest BCUT2D eigenvalue weighted by molar-refractivity contribution is -0.121. The van der Waals surface area contributed by atoms with Gasteiger partial charge in [0, 0.05) is 25.6 Å². The van der Waals surface area contributed by atoms with E-state index in [1.807, 2.05) is 0 Å². The number of halogens is 3. The maximum Gasteiger partial charge on any atom is 0.402 e. The Labute approximate surface area is 85.1 Å². The summed E-state index contributed by atoms with van der Waals surface area (Å²) in [5, 5.41) is 8.61. The van der Waals surface area contributed by atoms with Crippen LogP contribution in [0.1, 0.15) is 0 Å². The molecule has 0 aromatic heterocycles. The van der Waals surface area contributed by atoms with Crippen molar-refractivity contribution >= 4 is 10.2 Å². The van der Waals surface area contributed by atoms with Crippen molar-refractivity contribution in [2.75, 3.05) is 26.2 Å². The van der Waals surface area contributed by atoms with E-state index in [0.29, 0.717) is 0 Å². The third-order valence-corrected chi connectivity index (χ3v) is 3.46. The molecule has 1 aliphatic rings. The Balaban J connectivity index is 2.41. The minimum atomic E-state index is -4.56. The normalized spacial score (nSPS) is 20.3. The highest BCUT2D eigenvalue weighted by Gasteiger charge is 2.37. The maximum atomic E-state index is 11.7. The number of hydrogen-bond acceptors (Lipinski definition) is 3. The molecule has 0 saturated carbocycles. The Morgan fingerprint density at radius 1 is 1.40 bits per heavy atom. The molecule has 0 bridgehead atoms. The van der Waals surface area contributed by atoms with Crippen LogP contribution in [0.3, 0.4) is 0 Å². The summed E-state index contributed by atoms with van der Waals surface area (Å²) in [7, 11) is -4.05. The Hall–Kier alpha value is -0.380. The molecule has 2 N–H and O–H groups in total. The van der Waals surface area contributed by atoms with Crippen LogP contribution in [0.2, 0.25) is 0 Å². The summed E-state index contributed by atoms with van der Waals surface area (Å²) in [6.07, 6.45) is -4.56. The molecular weight excluding hydrogens is 237 g/mol. The van der Waals surface area contributed by atoms with Crippen LogP contribution in [0, 0.1) is 5.92 Å². The fourth-order valence-electron chi connectivity index (χ4n) is 1.10. The molecule has 1 rings (SSSR count). The van der Waals surface area contributed by atoms with Crippen LogP contribution in [0.25, 0.3) is 0 Å². The Bertz CT molecular complexity index is 310. The van der Waals surface area contributed by atoms with E-state index in [0.717, 1.165) is 4.31 Å². The number of aliphatic hydroxyl groups is 1. The molecule has 0 radical (unpaired) electrons. The van der Waals surface area contributed by atoms with Crippen molar-refractivity contribution in [2.24, 2.45) is 5.92 Å². The zero-order valence-electron chi connectivity index (χ0n) is 7.66. The van der Waals surface area contributed by atoms with Gasteiger partial charge in [-0.25, -0.2) is 0 Å². The van der Waals surface area contributed by atoms with E-state index >= 15 is 0 Å². The van der Waals surface area contributed by atoms with Gasteiger partial charge < -0.3 is 5.11 Å². The topological polar surface area (TPSA) is 69.6 Å². The first-order chi connectivity index (χ1) is 6.74. The molecule has 1 heterocycles. The fraction of sp³-hybridized carbons (Fsp3) is 1.00. The maximum absolute atomic E-state index is 11.7. The van der Waals surface area contributed by atoms with Gasteiger partial charge in [0.1, 0.15) is 6.54 Å². The van der Waals surface area contributed by atoms with E-state index < -0.39 is 22.9 Å². The van der Waals surface area contributed by atoms with Crippen LogP contribution in [0.5, 0.6) is 0 Å². The van der Waals surface area contributed by atoms with Gasteiger partial charge in [-0.2, -0.15) is 30.6 Å². The molecule has 9 heteroatoms. The van der Waals surface area contributed by atoms with Crippen molar-refractivity contribution in [3.05, 3.63) is 0 Å². The van der Waals surface area contributed by atoms with Gasteiger partial charge in [-0.3, -0.25) is 0 Å². The lowest BCUT2D eigenvalue weighted by Crippen LogP contribution is -2.55. The average Bonchev–Trinajstić information content (AvgIpc) is 1.97. The smallest absolute Gasteiger partial charge is 0.396 e. The van der Waals surface area contributed by atoms with Crippen LogP contribution in [-0.2, 0) is 10.2 Å². The fourth-order valence-corrected chi connectivity index (χ4v) is 2.44. The van der Waals surface area contributed by atoms with Gasteiger partial charge in [0.25, 0.3) is 10.2 Å². The summed E-state index contributed by atoms with van der Waals surface area (Å²) < 4.78 is 59.8. The Kier molecular flexibility index (Phi) is 3.59. The second-order valence-electron chi connectivity index (χ2n) is 3.31. The number of nitrogens with zero attached hydrogens (tertiary/aromatic N) is 1. The molecule has 0 aromatic rings. The van der Waals surface area contributed by atoms with E-state index in [9.17, 15) is 21.6 Å². The molecule has 0 amide bonds. The molecule has 1 aliphatic heterocycles. The Morgan fingerprint density at radius 2 is 1.93 bits per heavy atom. The second kappa shape index (κ2) is 4.24. The van der Waals surface area contributed by atoms with Gasteiger partial charge in [0.15, 0.2) is 0 Å². The summed E-state index contributed by atoms with van der Waals surface area (Å²) in [5.41, 5.74) is 0. The van der Waals surface area contributed by atoms with Gasteiger partial charge >= 0.3 is 6.18 Å². The van der Waals surface area contributed by atoms with E-state index in [-0.39, 0.29) is 25.6 Å². The van der Waals surface area contributed by atoms with Crippen LogP contribution in [0.15, 0.2) is 0 Å². The Morgan fingerprint density at radius 3 is 2.33 bits per heavy atom. The first-order valence-electron chi connectivity index (χ1n) is 4.17. The second-order valence-corrected chi connectivity index (χ2v) is 5.06. The third kappa shape index (κ3) is 3.59. The van der Waals surface area contributed by atoms with E-state index in [1.54, 1.807) is 0 Å². The highest BCUT2D eigenvalue weighted by molar-refractivity contribution is 7.87. The molecule has 0 aromatic carbocycles. The van der Waals surface area contributed by atoms with Gasteiger partial charge in [-0.15, -0.1) is 0 Å². The molecule has 15 heavy (non-hydrogen) atoms. The summed E-state index contributed by atoms with van der Waals surface area (Å²) in [6.45, 7) is -1.62. The van der Waals surface area contributed by atoms with Gasteiger partial charge in [-0.05, 0) is 0 Å². The summed E-state index contributed by atoms with van der Waals surface area (Å²) in [4.78, 5) is 0. The molecule has 5 nitrogen and oxygen atoms in total. The highest BCUT2D eigenvalue weighted by Crippen LogP contribution is 2.19. The summed E-state index contributed by atoms with van der Waals surface area (Å²) >= 11 is 0. The molecule has 1 saturated heterocycles. The largest absolute Gasteiger partial charge is 0.402 e. The minimum Gasteiger partial charge on any atom is -0.396 e. The van der Waals surface area contributed by atoms with E-state index in [2.05, 4.69) is 0 Å². The summed E-state index contributed by atoms with van der Waals surface area (Å²) in [5.74, 6) is -0.174. The molecule has 0 spiro atoms. The number of rotatable bonds is 4. The predicted octanol–water partition coefficient (Wildman–Crippen LogP) is -0.693. The average molecular weight is 248 g/mol. The predicted molar refractivity (Wildman–Crippen MR) is 45.1 cm³/mol. The molecule has 0 unspecified atom stereocenters. The third-order valence-electron chi connectivity index (χ3n) is 1.98. The number of hydrogen-bond donors (Lipinski definition) is 2. The quantitative estimate of drug-likeness (QED) is 0.691. The lowest BCUT2D eigenvalue weighted by Gasteiger charge is -2.36. The van der Waals surface area contributed by atoms with Crippen molar-refractivity contribution in [2.45, 2.75) is 6.18 Å². The number of aliphatic hydroxyl groups excluding tert-OH is 1. The van der Waals surface area contributed by atoms with Gasteiger partial charge in [0.2, 0.25) is 0 Å². The molecule has 90 valence electrons. The lowest BCUT2D eigenvalue weighted by atomic mass is 10.1. The molecule has 0 aliphatic carbocycles. The minimum absolute atomic E-state index is 0.0592. The number of alkyl halides is 3. The van der Waals surface area contributed by atoms with E-state index in [1.165, 1.54) is 4.72 Å². The summed E-state index contributed by atoms with van der Waals surface area (Å²) in [6, 6.07) is 0. The van der Waals surface area contributed by atoms with Gasteiger partial charge in [0.05, 0.1) is 0 Å². The molecule has 1 fully saturated rings. The zero-order chi connectivity index (χ0) is 11.7. The SMILES string of the molecule is O=S(=O)(NCC(F)(F)F)N1CC(CO)C1. The van der Waals surface area contributed by atoms with Crippen molar-refractivity contribution in [1.29, 1.82) is 0 Å². The first kappa shape index (κ1) is 12.7.